The SMILES string of the molecule is COC(=O)C(C)CN(C)C(=O)c1cccc(C)c1. The van der Waals surface area contributed by atoms with Crippen molar-refractivity contribution in [2.75, 3.05) is 20.7 Å². The van der Waals surface area contributed by atoms with E-state index in [1.165, 1.54) is 12.0 Å². The average molecular weight is 249 g/mol. The van der Waals surface area contributed by atoms with Crippen LogP contribution in [-0.4, -0.2) is 37.5 Å². The third-order valence-corrected chi connectivity index (χ3v) is 2.76. The molecule has 1 amide bonds. The van der Waals surface area contributed by atoms with Crippen molar-refractivity contribution in [1.29, 1.82) is 0 Å². The van der Waals surface area contributed by atoms with Gasteiger partial charge in [0.05, 0.1) is 13.0 Å². The number of carbonyl (C=O) groups excluding carboxylic acids is 2. The van der Waals surface area contributed by atoms with Gasteiger partial charge in [0.25, 0.3) is 5.91 Å². The number of methoxy groups -OCH3 is 1. The van der Waals surface area contributed by atoms with E-state index in [4.69, 9.17) is 0 Å². The van der Waals surface area contributed by atoms with Crippen LogP contribution in [0.25, 0.3) is 0 Å². The summed E-state index contributed by atoms with van der Waals surface area (Å²) >= 11 is 0. The van der Waals surface area contributed by atoms with Crippen molar-refractivity contribution in [2.24, 2.45) is 5.92 Å². The lowest BCUT2D eigenvalue weighted by Gasteiger charge is -2.20. The molecule has 0 aliphatic carbocycles. The molecule has 0 saturated carbocycles. The average Bonchev–Trinajstić information content (AvgIpc) is 2.36. The second kappa shape index (κ2) is 6.19. The second-order valence-electron chi connectivity index (χ2n) is 4.48. The number of hydrogen-bond donors (Lipinski definition) is 0. The predicted octanol–water partition coefficient (Wildman–Crippen LogP) is 1.88. The Morgan fingerprint density at radius 2 is 2.06 bits per heavy atom. The number of rotatable bonds is 4. The van der Waals surface area contributed by atoms with E-state index in [0.29, 0.717) is 12.1 Å². The summed E-state index contributed by atoms with van der Waals surface area (Å²) in [7, 11) is 3.03. The molecule has 1 aromatic rings. The Labute approximate surface area is 108 Å². The summed E-state index contributed by atoms with van der Waals surface area (Å²) in [6.07, 6.45) is 0. The first-order valence-electron chi connectivity index (χ1n) is 5.85. The Kier molecular flexibility index (Phi) is 4.89. The third kappa shape index (κ3) is 3.58. The zero-order valence-electron chi connectivity index (χ0n) is 11.3. The summed E-state index contributed by atoms with van der Waals surface area (Å²) in [6.45, 7) is 4.03. The van der Waals surface area contributed by atoms with Gasteiger partial charge >= 0.3 is 5.97 Å². The van der Waals surface area contributed by atoms with Gasteiger partial charge in [-0.3, -0.25) is 9.59 Å². The van der Waals surface area contributed by atoms with Crippen LogP contribution in [-0.2, 0) is 9.53 Å². The number of esters is 1. The van der Waals surface area contributed by atoms with E-state index in [0.717, 1.165) is 5.56 Å². The molecule has 0 aromatic heterocycles. The van der Waals surface area contributed by atoms with Crippen molar-refractivity contribution in [3.05, 3.63) is 35.4 Å². The first-order valence-corrected chi connectivity index (χ1v) is 5.85. The number of benzene rings is 1. The topological polar surface area (TPSA) is 46.6 Å². The van der Waals surface area contributed by atoms with Gasteiger partial charge in [0.15, 0.2) is 0 Å². The minimum atomic E-state index is -0.325. The second-order valence-corrected chi connectivity index (χ2v) is 4.48. The number of nitrogens with zero attached hydrogens (tertiary/aromatic N) is 1. The van der Waals surface area contributed by atoms with Crippen LogP contribution in [0.4, 0.5) is 0 Å². The molecular formula is C14H19NO3. The van der Waals surface area contributed by atoms with Gasteiger partial charge in [0, 0.05) is 19.2 Å². The third-order valence-electron chi connectivity index (χ3n) is 2.76. The molecule has 0 aliphatic heterocycles. The van der Waals surface area contributed by atoms with E-state index < -0.39 is 0 Å². The molecule has 0 radical (unpaired) electrons. The van der Waals surface area contributed by atoms with Crippen LogP contribution in [0.1, 0.15) is 22.8 Å². The van der Waals surface area contributed by atoms with Crippen LogP contribution < -0.4 is 0 Å². The van der Waals surface area contributed by atoms with Gasteiger partial charge in [-0.25, -0.2) is 0 Å². The van der Waals surface area contributed by atoms with E-state index in [9.17, 15) is 9.59 Å². The fourth-order valence-corrected chi connectivity index (χ4v) is 1.77. The number of hydrogen-bond acceptors (Lipinski definition) is 3. The van der Waals surface area contributed by atoms with Crippen molar-refractivity contribution < 1.29 is 14.3 Å². The molecule has 1 unspecified atom stereocenters. The van der Waals surface area contributed by atoms with Crippen LogP contribution in [0, 0.1) is 12.8 Å². The highest BCUT2D eigenvalue weighted by Crippen LogP contribution is 2.09. The van der Waals surface area contributed by atoms with Gasteiger partial charge in [-0.05, 0) is 19.1 Å². The van der Waals surface area contributed by atoms with E-state index in [1.54, 1.807) is 20.0 Å². The van der Waals surface area contributed by atoms with Gasteiger partial charge in [0.1, 0.15) is 0 Å². The van der Waals surface area contributed by atoms with E-state index in [-0.39, 0.29) is 17.8 Å². The van der Waals surface area contributed by atoms with E-state index >= 15 is 0 Å². The lowest BCUT2D eigenvalue weighted by Crippen LogP contribution is -2.34. The molecule has 1 atom stereocenters. The minimum absolute atomic E-state index is 0.0885. The Morgan fingerprint density at radius 1 is 1.39 bits per heavy atom. The molecule has 18 heavy (non-hydrogen) atoms. The standard InChI is InChI=1S/C14H19NO3/c1-10-6-5-7-12(8-10)13(16)15(3)9-11(2)14(17)18-4/h5-8,11H,9H2,1-4H3. The van der Waals surface area contributed by atoms with E-state index in [2.05, 4.69) is 4.74 Å². The zero-order chi connectivity index (χ0) is 13.7. The van der Waals surface area contributed by atoms with Crippen LogP contribution in [0.5, 0.6) is 0 Å². The zero-order valence-corrected chi connectivity index (χ0v) is 11.3. The molecule has 0 aliphatic rings. The summed E-state index contributed by atoms with van der Waals surface area (Å²) in [4.78, 5) is 25.0. The van der Waals surface area contributed by atoms with Gasteiger partial charge < -0.3 is 9.64 Å². The lowest BCUT2D eigenvalue weighted by atomic mass is 10.1. The fraction of sp³-hybridized carbons (Fsp3) is 0.429. The largest absolute Gasteiger partial charge is 0.469 e. The summed E-state index contributed by atoms with van der Waals surface area (Å²) in [5, 5.41) is 0. The van der Waals surface area contributed by atoms with Gasteiger partial charge in [-0.2, -0.15) is 0 Å². The number of aryl methyl sites for hydroxylation is 1. The highest BCUT2D eigenvalue weighted by Gasteiger charge is 2.19. The molecule has 4 nitrogen and oxygen atoms in total. The Hall–Kier alpha value is -1.84. The molecule has 0 saturated heterocycles. The fourth-order valence-electron chi connectivity index (χ4n) is 1.77. The summed E-state index contributed by atoms with van der Waals surface area (Å²) in [5.41, 5.74) is 1.67. The summed E-state index contributed by atoms with van der Waals surface area (Å²) in [5.74, 6) is -0.720. The minimum Gasteiger partial charge on any atom is -0.469 e. The lowest BCUT2D eigenvalue weighted by molar-refractivity contribution is -0.145. The first-order chi connectivity index (χ1) is 8.45. The molecule has 1 aromatic carbocycles. The molecule has 1 rings (SSSR count). The van der Waals surface area contributed by atoms with Crippen molar-refractivity contribution >= 4 is 11.9 Å². The van der Waals surface area contributed by atoms with Crippen molar-refractivity contribution in [2.45, 2.75) is 13.8 Å². The van der Waals surface area contributed by atoms with Crippen LogP contribution in [0.3, 0.4) is 0 Å². The molecule has 0 heterocycles. The molecule has 0 fully saturated rings. The van der Waals surface area contributed by atoms with Crippen molar-refractivity contribution in [3.63, 3.8) is 0 Å². The monoisotopic (exact) mass is 249 g/mol. The highest BCUT2D eigenvalue weighted by atomic mass is 16.5. The van der Waals surface area contributed by atoms with Crippen molar-refractivity contribution in [1.82, 2.24) is 4.90 Å². The maximum absolute atomic E-state index is 12.1. The Morgan fingerprint density at radius 3 is 2.61 bits per heavy atom. The molecule has 4 heteroatoms. The maximum atomic E-state index is 12.1. The quantitative estimate of drug-likeness (QED) is 0.765. The van der Waals surface area contributed by atoms with Gasteiger partial charge in [-0.1, -0.05) is 24.6 Å². The highest BCUT2D eigenvalue weighted by molar-refractivity contribution is 5.94. The van der Waals surface area contributed by atoms with Crippen LogP contribution in [0.15, 0.2) is 24.3 Å². The molecular weight excluding hydrogens is 230 g/mol. The molecule has 98 valence electrons. The van der Waals surface area contributed by atoms with Gasteiger partial charge in [0.2, 0.25) is 0 Å². The number of amides is 1. The number of carbonyl (C=O) groups is 2. The number of ether oxygens (including phenoxy) is 1. The Bertz CT molecular complexity index is 442. The van der Waals surface area contributed by atoms with E-state index in [1.807, 2.05) is 25.1 Å². The molecule has 0 bridgehead atoms. The van der Waals surface area contributed by atoms with Crippen LogP contribution in [0.2, 0.25) is 0 Å². The maximum Gasteiger partial charge on any atom is 0.310 e. The van der Waals surface area contributed by atoms with Gasteiger partial charge in [-0.15, -0.1) is 0 Å². The first kappa shape index (κ1) is 14.2. The normalized spacial score (nSPS) is 11.8. The summed E-state index contributed by atoms with van der Waals surface area (Å²) < 4.78 is 4.64. The molecule has 0 spiro atoms. The Balaban J connectivity index is 2.70. The summed E-state index contributed by atoms with van der Waals surface area (Å²) in [6, 6.07) is 7.39. The predicted molar refractivity (Wildman–Crippen MR) is 69.3 cm³/mol. The smallest absolute Gasteiger partial charge is 0.310 e. The van der Waals surface area contributed by atoms with Crippen molar-refractivity contribution in [3.8, 4) is 0 Å². The molecule has 0 N–H and O–H groups in total. The van der Waals surface area contributed by atoms with Crippen LogP contribution >= 0.6 is 0 Å².